The van der Waals surface area contributed by atoms with Gasteiger partial charge in [-0.15, -0.1) is 10.2 Å². The van der Waals surface area contributed by atoms with E-state index in [0.717, 1.165) is 0 Å². The van der Waals surface area contributed by atoms with E-state index in [-0.39, 0.29) is 0 Å². The zero-order valence-corrected chi connectivity index (χ0v) is 11.6. The predicted molar refractivity (Wildman–Crippen MR) is 52.8 cm³/mol. The first-order chi connectivity index (χ1) is 11.4. The number of hydrogen-bond acceptors (Lipinski definition) is 6. The molecule has 2 heterocycles. The second-order valence-corrected chi connectivity index (χ2v) is 5.07. The van der Waals surface area contributed by atoms with E-state index in [0.29, 0.717) is 0 Å². The Labute approximate surface area is 134 Å². The number of halogens is 12. The molecule has 2 aliphatic heterocycles. The van der Waals surface area contributed by atoms with Gasteiger partial charge in [0.05, 0.1) is 0 Å². The largest absolute Gasteiger partial charge is 0.426 e. The second kappa shape index (κ2) is 5.24. The second-order valence-electron chi connectivity index (χ2n) is 5.07. The molecule has 150 valence electrons. The van der Waals surface area contributed by atoms with Crippen molar-refractivity contribution < 1.29 is 52.7 Å². The van der Waals surface area contributed by atoms with E-state index in [1.54, 1.807) is 0 Å². The Hall–Kier alpha value is -2.04. The van der Waals surface area contributed by atoms with Crippen LogP contribution in [0, 0.1) is 0 Å². The lowest BCUT2D eigenvalue weighted by molar-refractivity contribution is -0.410. The minimum atomic E-state index is -6.41. The molecule has 0 aromatic rings. The third-order valence-corrected chi connectivity index (χ3v) is 3.63. The Morgan fingerprint density at radius 1 is 0.500 bits per heavy atom. The van der Waals surface area contributed by atoms with Gasteiger partial charge in [-0.25, -0.2) is 0 Å². The van der Waals surface area contributed by atoms with Crippen molar-refractivity contribution in [1.82, 2.24) is 10.2 Å². The number of rotatable bonds is 1. The van der Waals surface area contributed by atoms with Crippen LogP contribution in [0.4, 0.5) is 52.7 Å². The molecule has 6 nitrogen and oxygen atoms in total. The van der Waals surface area contributed by atoms with Crippen LogP contribution in [0.2, 0.25) is 0 Å². The molecule has 0 radical (unpaired) electrons. The average Bonchev–Trinajstić information content (AvgIpc) is 3.00. The number of hydrazine groups is 1. The van der Waals surface area contributed by atoms with Gasteiger partial charge in [0.1, 0.15) is 13.1 Å². The summed E-state index contributed by atoms with van der Waals surface area (Å²) < 4.78 is 157. The maximum atomic E-state index is 13.1. The maximum Gasteiger partial charge on any atom is 0.426 e. The Balaban J connectivity index is 2.71. The van der Waals surface area contributed by atoms with Crippen molar-refractivity contribution in [2.75, 3.05) is 13.1 Å². The third kappa shape index (κ3) is 2.36. The van der Waals surface area contributed by atoms with E-state index < -0.39 is 59.1 Å². The van der Waals surface area contributed by atoms with Crippen LogP contribution in [0.15, 0.2) is 20.7 Å². The quantitative estimate of drug-likeness (QED) is 0.612. The van der Waals surface area contributed by atoms with Gasteiger partial charge in [0.25, 0.3) is 11.1 Å². The van der Waals surface area contributed by atoms with E-state index in [2.05, 4.69) is 20.7 Å². The molecule has 0 saturated heterocycles. The summed E-state index contributed by atoms with van der Waals surface area (Å²) in [5, 5.41) is 5.94. The highest BCUT2D eigenvalue weighted by molar-refractivity contribution is 5.11. The summed E-state index contributed by atoms with van der Waals surface area (Å²) in [7, 11) is 0. The Bertz CT molecular complexity index is 529. The summed E-state index contributed by atoms with van der Waals surface area (Å²) in [6, 6.07) is 0. The average molecular weight is 412 g/mol. The van der Waals surface area contributed by atoms with Gasteiger partial charge >= 0.3 is 24.7 Å². The topological polar surface area (TPSA) is 55.9 Å². The van der Waals surface area contributed by atoms with Crippen molar-refractivity contribution in [3.8, 4) is 0 Å². The molecule has 18 heteroatoms. The first-order valence-corrected chi connectivity index (χ1v) is 6.05. The molecule has 0 aliphatic carbocycles. The zero-order valence-electron chi connectivity index (χ0n) is 11.6. The highest BCUT2D eigenvalue weighted by Crippen LogP contribution is 2.56. The summed E-state index contributed by atoms with van der Waals surface area (Å²) in [5.41, 5.74) is -10.6. The number of nitrogens with zero attached hydrogens (tertiary/aromatic N) is 6. The van der Waals surface area contributed by atoms with Crippen LogP contribution < -0.4 is 0 Å². The van der Waals surface area contributed by atoms with Gasteiger partial charge in [0, 0.05) is 0 Å². The molecule has 0 amide bonds. The standard InChI is InChI=1S/C8H4F12N6/c9-5(10,11)3(6(12,13)14)1-21-23-25(3)26-4(2-22-24-26,7(15,16)17)8(18,19)20/h1-2H2. The molecule has 0 fully saturated rings. The molecular weight excluding hydrogens is 408 g/mol. The van der Waals surface area contributed by atoms with E-state index in [4.69, 9.17) is 0 Å². The monoisotopic (exact) mass is 412 g/mol. The lowest BCUT2D eigenvalue weighted by Crippen LogP contribution is -2.76. The Morgan fingerprint density at radius 2 is 0.731 bits per heavy atom. The summed E-state index contributed by atoms with van der Waals surface area (Å²) >= 11 is 0. The zero-order chi connectivity index (χ0) is 20.4. The van der Waals surface area contributed by atoms with Gasteiger partial charge in [0.15, 0.2) is 0 Å². The van der Waals surface area contributed by atoms with Gasteiger partial charge in [-0.3, -0.25) is 0 Å². The minimum Gasteiger partial charge on any atom is -0.168 e. The highest BCUT2D eigenvalue weighted by Gasteiger charge is 2.84. The lowest BCUT2D eigenvalue weighted by atomic mass is 9.96. The van der Waals surface area contributed by atoms with Crippen molar-refractivity contribution in [3.05, 3.63) is 0 Å². The first-order valence-electron chi connectivity index (χ1n) is 6.05. The van der Waals surface area contributed by atoms with Gasteiger partial charge in [-0.05, 0) is 0 Å². The molecule has 0 unspecified atom stereocenters. The van der Waals surface area contributed by atoms with E-state index in [9.17, 15) is 52.7 Å². The van der Waals surface area contributed by atoms with Crippen LogP contribution in [-0.4, -0.2) is 59.1 Å². The SMILES string of the molecule is FC(F)(F)C1(C(F)(F)F)CN=NN1N1N=NCC1(C(F)(F)F)C(F)(F)F. The number of hydrogen-bond donors (Lipinski definition) is 0. The maximum absolute atomic E-state index is 13.1. The van der Waals surface area contributed by atoms with Gasteiger partial charge in [0.2, 0.25) is 0 Å². The van der Waals surface area contributed by atoms with Gasteiger partial charge < -0.3 is 0 Å². The molecule has 2 rings (SSSR count). The van der Waals surface area contributed by atoms with Crippen LogP contribution in [0.3, 0.4) is 0 Å². The molecule has 0 atom stereocenters. The van der Waals surface area contributed by atoms with Gasteiger partial charge in [-0.1, -0.05) is 10.4 Å². The molecule has 0 aromatic carbocycles. The van der Waals surface area contributed by atoms with Crippen molar-refractivity contribution >= 4 is 0 Å². The molecular formula is C8H4F12N6. The molecule has 26 heavy (non-hydrogen) atoms. The smallest absolute Gasteiger partial charge is 0.168 e. The molecule has 0 saturated carbocycles. The van der Waals surface area contributed by atoms with E-state index >= 15 is 0 Å². The van der Waals surface area contributed by atoms with Crippen LogP contribution in [0.5, 0.6) is 0 Å². The van der Waals surface area contributed by atoms with Gasteiger partial charge in [-0.2, -0.15) is 62.9 Å². The molecule has 2 aliphatic rings. The summed E-state index contributed by atoms with van der Waals surface area (Å²) in [4.78, 5) is 0. The normalized spacial score (nSPS) is 23.2. The summed E-state index contributed by atoms with van der Waals surface area (Å²) in [5.74, 6) is 0. The van der Waals surface area contributed by atoms with Crippen LogP contribution >= 0.6 is 0 Å². The van der Waals surface area contributed by atoms with E-state index in [1.165, 1.54) is 0 Å². The fourth-order valence-electron chi connectivity index (χ4n) is 2.20. The molecule has 0 spiro atoms. The highest BCUT2D eigenvalue weighted by atomic mass is 19.4. The minimum absolute atomic E-state index is 1.61. The Morgan fingerprint density at radius 3 is 0.923 bits per heavy atom. The van der Waals surface area contributed by atoms with Crippen LogP contribution in [0.1, 0.15) is 0 Å². The summed E-state index contributed by atoms with van der Waals surface area (Å²) in [6.45, 7) is -4.64. The third-order valence-electron chi connectivity index (χ3n) is 3.63. The fourth-order valence-corrected chi connectivity index (χ4v) is 2.20. The van der Waals surface area contributed by atoms with Crippen LogP contribution in [-0.2, 0) is 0 Å². The molecule has 0 N–H and O–H groups in total. The molecule has 0 aromatic heterocycles. The Kier molecular flexibility index (Phi) is 4.09. The van der Waals surface area contributed by atoms with Crippen molar-refractivity contribution in [2.45, 2.75) is 35.8 Å². The number of alkyl halides is 12. The van der Waals surface area contributed by atoms with Crippen molar-refractivity contribution in [3.63, 3.8) is 0 Å². The summed E-state index contributed by atoms with van der Waals surface area (Å²) in [6.07, 6.45) is -25.6. The lowest BCUT2D eigenvalue weighted by Gasteiger charge is -2.46. The molecule has 0 bridgehead atoms. The first kappa shape index (κ1) is 20.3. The van der Waals surface area contributed by atoms with E-state index in [1.807, 2.05) is 0 Å². The van der Waals surface area contributed by atoms with Crippen LogP contribution in [0.25, 0.3) is 0 Å². The van der Waals surface area contributed by atoms with Crippen molar-refractivity contribution in [2.24, 2.45) is 20.7 Å². The fraction of sp³-hybridized carbons (Fsp3) is 1.00. The van der Waals surface area contributed by atoms with Crippen molar-refractivity contribution in [1.29, 1.82) is 0 Å². The predicted octanol–water partition coefficient (Wildman–Crippen LogP) is 3.99.